The number of nitrogens with one attached hydrogen (secondary N) is 1. The van der Waals surface area contributed by atoms with Crippen molar-refractivity contribution in [2.45, 2.75) is 26.4 Å². The lowest BCUT2D eigenvalue weighted by atomic mass is 9.99. The fourth-order valence-electron chi connectivity index (χ4n) is 8.25. The Hall–Kier alpha value is -8.24. The first-order valence-corrected chi connectivity index (χ1v) is 21.4. The highest BCUT2D eigenvalue weighted by molar-refractivity contribution is 5.88. The Bertz CT molecular complexity index is 3340. The van der Waals surface area contributed by atoms with Crippen molar-refractivity contribution < 1.29 is 8.78 Å². The van der Waals surface area contributed by atoms with Gasteiger partial charge in [-0.3, -0.25) is 9.97 Å². The van der Waals surface area contributed by atoms with Gasteiger partial charge in [-0.1, -0.05) is 115 Å². The summed E-state index contributed by atoms with van der Waals surface area (Å²) in [5.74, 6) is -0.549. The summed E-state index contributed by atoms with van der Waals surface area (Å²) in [4.78, 5) is 27.9. The van der Waals surface area contributed by atoms with Crippen molar-refractivity contribution in [1.29, 1.82) is 0 Å². The van der Waals surface area contributed by atoms with Crippen LogP contribution in [0.25, 0.3) is 66.3 Å². The van der Waals surface area contributed by atoms with Gasteiger partial charge in [-0.25, -0.2) is 28.7 Å². The molecule has 0 saturated carbocycles. The molecule has 0 radical (unpaired) electrons. The summed E-state index contributed by atoms with van der Waals surface area (Å²) in [6, 6.07) is 50.6. The molecule has 0 fully saturated rings. The lowest BCUT2D eigenvalue weighted by Gasteiger charge is -2.20. The number of benzene rings is 6. The molecule has 4 aromatic heterocycles. The zero-order valence-corrected chi connectivity index (χ0v) is 35.8. The van der Waals surface area contributed by atoms with Crippen LogP contribution >= 0.6 is 0 Å². The minimum absolute atomic E-state index is 0.153. The van der Waals surface area contributed by atoms with Crippen molar-refractivity contribution in [2.24, 2.45) is 0 Å². The van der Waals surface area contributed by atoms with E-state index in [1.165, 1.54) is 12.7 Å². The fraction of sp³-hybridized carbons (Fsp3) is 0.0909. The van der Waals surface area contributed by atoms with Gasteiger partial charge in [-0.2, -0.15) is 0 Å². The summed E-state index contributed by atoms with van der Waals surface area (Å²) in [5, 5.41) is 7.28. The number of nitrogens with zero attached hydrogens (tertiary/aromatic N) is 7. The van der Waals surface area contributed by atoms with Crippen LogP contribution in [-0.4, -0.2) is 37.0 Å². The number of pyridine rings is 2. The van der Waals surface area contributed by atoms with Gasteiger partial charge in [0.1, 0.15) is 24.0 Å². The molecule has 0 spiro atoms. The number of fused-ring (bicyclic) bond motifs is 2. The van der Waals surface area contributed by atoms with E-state index in [1.807, 2.05) is 116 Å². The second-order valence-corrected chi connectivity index (χ2v) is 16.2. The fourth-order valence-corrected chi connectivity index (χ4v) is 8.25. The third-order valence-electron chi connectivity index (χ3n) is 11.7. The van der Waals surface area contributed by atoms with E-state index in [4.69, 9.17) is 0 Å². The smallest absolute Gasteiger partial charge is 0.191 e. The number of hydrogen-bond donors (Lipinski definition) is 1. The van der Waals surface area contributed by atoms with Gasteiger partial charge >= 0.3 is 0 Å². The highest BCUT2D eigenvalue weighted by atomic mass is 19.1. The molecule has 0 saturated heterocycles. The zero-order chi connectivity index (χ0) is 44.3. The van der Waals surface area contributed by atoms with E-state index in [0.29, 0.717) is 30.6 Å². The Labute approximate surface area is 375 Å². The summed E-state index contributed by atoms with van der Waals surface area (Å²) >= 11 is 0. The molecule has 65 heavy (non-hydrogen) atoms. The number of anilines is 2. The topological polar surface area (TPSA) is 92.6 Å². The lowest BCUT2D eigenvalue weighted by Crippen LogP contribution is -2.19. The van der Waals surface area contributed by atoms with E-state index in [1.54, 1.807) is 0 Å². The van der Waals surface area contributed by atoms with Gasteiger partial charge < -0.3 is 10.2 Å². The summed E-state index contributed by atoms with van der Waals surface area (Å²) in [7, 11) is 1.84. The second-order valence-electron chi connectivity index (χ2n) is 16.2. The summed E-state index contributed by atoms with van der Waals surface area (Å²) in [5.41, 5.74) is 11.2. The maximum Gasteiger partial charge on any atom is 0.191 e. The van der Waals surface area contributed by atoms with Gasteiger partial charge in [0.15, 0.2) is 23.3 Å². The zero-order valence-electron chi connectivity index (χ0n) is 35.8. The molecule has 4 heterocycles. The average Bonchev–Trinajstić information content (AvgIpc) is 3.34. The molecule has 1 N–H and O–H groups in total. The standard InChI is InChI=1S/C55H42F2N8/c1-35-25-45(21-23-58-35)40-12-7-36(8-13-40)31-60-54-50(56)52(61-33-63-54)47-20-18-43-26-38(11-16-44(43)29-47)27-49-30-46(22-24-59-49)41-14-9-37(10-15-41)32-65(2)55-51(57)53(62-34-64-55)48-19-17-39-5-3-4-6-42(39)28-48/h3-26,28-30,33-34H,27,31-32H2,1-2H3,(H,60,61,63). The van der Waals surface area contributed by atoms with Crippen molar-refractivity contribution in [3.8, 4) is 44.8 Å². The molecule has 0 atom stereocenters. The molecule has 0 amide bonds. The monoisotopic (exact) mass is 852 g/mol. The van der Waals surface area contributed by atoms with E-state index in [0.717, 1.165) is 71.9 Å². The number of rotatable bonds is 12. The Morgan fingerprint density at radius 1 is 0.477 bits per heavy atom. The summed E-state index contributed by atoms with van der Waals surface area (Å²) in [6.45, 7) is 2.85. The van der Waals surface area contributed by atoms with E-state index >= 15 is 8.78 Å². The molecule has 0 bridgehead atoms. The molecular formula is C55H42F2N8. The quantitative estimate of drug-likeness (QED) is 0.130. The number of aromatic nitrogens is 6. The Balaban J connectivity index is 0.784. The molecule has 0 unspecified atom stereocenters. The Morgan fingerprint density at radius 3 is 1.78 bits per heavy atom. The van der Waals surface area contributed by atoms with Crippen LogP contribution < -0.4 is 10.2 Å². The largest absolute Gasteiger partial charge is 0.363 e. The first-order chi connectivity index (χ1) is 31.8. The number of halogens is 2. The maximum absolute atomic E-state index is 15.9. The molecule has 6 aromatic carbocycles. The van der Waals surface area contributed by atoms with E-state index in [9.17, 15) is 0 Å². The van der Waals surface area contributed by atoms with E-state index in [-0.39, 0.29) is 23.0 Å². The van der Waals surface area contributed by atoms with Crippen LogP contribution in [0.15, 0.2) is 177 Å². The van der Waals surface area contributed by atoms with Crippen LogP contribution in [0, 0.1) is 18.6 Å². The van der Waals surface area contributed by atoms with Gasteiger partial charge in [0, 0.05) is 61.5 Å². The minimum Gasteiger partial charge on any atom is -0.363 e. The van der Waals surface area contributed by atoms with Crippen molar-refractivity contribution in [3.05, 3.63) is 216 Å². The molecule has 316 valence electrons. The van der Waals surface area contributed by atoms with Crippen LogP contribution in [-0.2, 0) is 19.5 Å². The number of hydrogen-bond acceptors (Lipinski definition) is 8. The predicted molar refractivity (Wildman–Crippen MR) is 256 cm³/mol. The van der Waals surface area contributed by atoms with Crippen LogP contribution in [0.4, 0.5) is 20.4 Å². The van der Waals surface area contributed by atoms with Gasteiger partial charge in [-0.15, -0.1) is 0 Å². The molecule has 10 aromatic rings. The molecule has 0 aliphatic heterocycles. The normalized spacial score (nSPS) is 11.3. The molecule has 10 rings (SSSR count). The van der Waals surface area contributed by atoms with Gasteiger partial charge in [-0.05, 0) is 104 Å². The first-order valence-electron chi connectivity index (χ1n) is 21.4. The predicted octanol–water partition coefficient (Wildman–Crippen LogP) is 12.5. The minimum atomic E-state index is -0.496. The maximum atomic E-state index is 15.9. The van der Waals surface area contributed by atoms with E-state index < -0.39 is 11.6 Å². The molecule has 0 aliphatic carbocycles. The molecule has 8 nitrogen and oxygen atoms in total. The number of aryl methyl sites for hydroxylation is 1. The Morgan fingerprint density at radius 2 is 1.05 bits per heavy atom. The summed E-state index contributed by atoms with van der Waals surface area (Å²) in [6.07, 6.45) is 7.10. The van der Waals surface area contributed by atoms with Crippen molar-refractivity contribution in [2.75, 3.05) is 17.3 Å². The van der Waals surface area contributed by atoms with Crippen LogP contribution in [0.2, 0.25) is 0 Å². The third-order valence-corrected chi connectivity index (χ3v) is 11.7. The highest BCUT2D eigenvalue weighted by Crippen LogP contribution is 2.31. The lowest BCUT2D eigenvalue weighted by molar-refractivity contribution is 0.611. The van der Waals surface area contributed by atoms with Crippen LogP contribution in [0.5, 0.6) is 0 Å². The van der Waals surface area contributed by atoms with Crippen molar-refractivity contribution in [1.82, 2.24) is 29.9 Å². The van der Waals surface area contributed by atoms with Gasteiger partial charge in [0.05, 0.1) is 0 Å². The van der Waals surface area contributed by atoms with Crippen LogP contribution in [0.3, 0.4) is 0 Å². The molecular weight excluding hydrogens is 811 g/mol. The van der Waals surface area contributed by atoms with E-state index in [2.05, 4.69) is 102 Å². The Kier molecular flexibility index (Phi) is 11.2. The first kappa shape index (κ1) is 40.8. The summed E-state index contributed by atoms with van der Waals surface area (Å²) < 4.78 is 31.8. The van der Waals surface area contributed by atoms with Crippen molar-refractivity contribution in [3.63, 3.8) is 0 Å². The highest BCUT2D eigenvalue weighted by Gasteiger charge is 2.18. The molecule has 10 heteroatoms. The molecule has 0 aliphatic rings. The van der Waals surface area contributed by atoms with Crippen LogP contribution in [0.1, 0.15) is 28.1 Å². The van der Waals surface area contributed by atoms with Gasteiger partial charge in [0.25, 0.3) is 0 Å². The van der Waals surface area contributed by atoms with Crippen molar-refractivity contribution >= 4 is 33.2 Å². The second kappa shape index (κ2) is 17.9. The van der Waals surface area contributed by atoms with Gasteiger partial charge in [0.2, 0.25) is 0 Å². The average molecular weight is 853 g/mol. The SMILES string of the molecule is Cc1cc(-c2ccc(CNc3ncnc(-c4ccc5cc(Cc6cc(-c7ccc(CN(C)c8ncnc(-c9ccc%10ccccc%10c9)c8F)cc7)ccn6)ccc5c4)c3F)cc2)ccn1. The third kappa shape index (κ3) is 8.87.